The maximum atomic E-state index is 12.1. The molecule has 0 spiro atoms. The van der Waals surface area contributed by atoms with Crippen LogP contribution in [0.5, 0.6) is 0 Å². The lowest BCUT2D eigenvalue weighted by Gasteiger charge is -2.27. The van der Waals surface area contributed by atoms with Crippen molar-refractivity contribution in [2.45, 2.75) is 25.9 Å². The van der Waals surface area contributed by atoms with E-state index in [-0.39, 0.29) is 18.3 Å². The lowest BCUT2D eigenvalue weighted by Crippen LogP contribution is -2.30. The average molecular weight is 406 g/mol. The lowest BCUT2D eigenvalue weighted by atomic mass is 10.00. The van der Waals surface area contributed by atoms with Gasteiger partial charge in [-0.25, -0.2) is 4.98 Å². The quantitative estimate of drug-likeness (QED) is 0.685. The van der Waals surface area contributed by atoms with Crippen molar-refractivity contribution in [2.75, 3.05) is 11.9 Å². The number of halogens is 1. The smallest absolute Gasteiger partial charge is 0.231 e. The predicted octanol–water partition coefficient (Wildman–Crippen LogP) is 4.37. The summed E-state index contributed by atoms with van der Waals surface area (Å²) in [6, 6.07) is 12.6. The number of thiophene rings is 1. The van der Waals surface area contributed by atoms with Crippen LogP contribution in [0.1, 0.15) is 21.7 Å². The van der Waals surface area contributed by atoms with Crippen LogP contribution in [0.25, 0.3) is 0 Å². The number of hydrogen-bond donors (Lipinski definition) is 1. The number of carbonyl (C=O) groups is 1. The molecule has 3 heterocycles. The Morgan fingerprint density at radius 3 is 2.81 bits per heavy atom. The van der Waals surface area contributed by atoms with Crippen LogP contribution in [0.15, 0.2) is 47.2 Å². The van der Waals surface area contributed by atoms with Crippen LogP contribution in [0.4, 0.5) is 5.13 Å². The number of anilines is 1. The van der Waals surface area contributed by atoms with Gasteiger partial charge in [-0.05, 0) is 29.0 Å². The Labute approximate surface area is 167 Å². The third-order valence-corrected chi connectivity index (χ3v) is 5.99. The van der Waals surface area contributed by atoms with Crippen LogP contribution in [-0.4, -0.2) is 22.3 Å². The molecule has 0 saturated heterocycles. The molecule has 4 nitrogen and oxygen atoms in total. The van der Waals surface area contributed by atoms with Crippen LogP contribution >= 0.6 is 35.1 Å². The first-order chi connectivity index (χ1) is 12.3. The molecule has 1 N–H and O–H groups in total. The number of benzene rings is 1. The molecule has 0 bridgehead atoms. The van der Waals surface area contributed by atoms with Gasteiger partial charge in [0.2, 0.25) is 5.91 Å². The molecule has 0 aliphatic carbocycles. The molecule has 0 unspecified atom stereocenters. The monoisotopic (exact) mass is 405 g/mol. The molecule has 2 aromatic heterocycles. The Morgan fingerprint density at radius 2 is 2.00 bits per heavy atom. The van der Waals surface area contributed by atoms with Crippen LogP contribution in [-0.2, 0) is 30.7 Å². The number of aromatic nitrogens is 1. The summed E-state index contributed by atoms with van der Waals surface area (Å²) in [5.74, 6) is -0.00440. The van der Waals surface area contributed by atoms with Gasteiger partial charge in [0.05, 0.1) is 12.1 Å². The molecular weight excluding hydrogens is 386 g/mol. The summed E-state index contributed by atoms with van der Waals surface area (Å²) in [5.41, 5.74) is 3.89. The number of rotatable bonds is 5. The van der Waals surface area contributed by atoms with Gasteiger partial charge in [-0.1, -0.05) is 30.3 Å². The van der Waals surface area contributed by atoms with Crippen LogP contribution in [0, 0.1) is 0 Å². The van der Waals surface area contributed by atoms with E-state index >= 15 is 0 Å². The Bertz CT molecular complexity index is 863. The Hall–Kier alpha value is -1.73. The Kier molecular flexibility index (Phi) is 6.43. The third kappa shape index (κ3) is 4.71. The highest BCUT2D eigenvalue weighted by molar-refractivity contribution is 7.14. The minimum Gasteiger partial charge on any atom is -0.302 e. The van der Waals surface area contributed by atoms with Gasteiger partial charge in [0, 0.05) is 29.9 Å². The normalized spacial score (nSPS) is 13.7. The number of hydrogen-bond acceptors (Lipinski definition) is 5. The number of nitrogens with zero attached hydrogens (tertiary/aromatic N) is 2. The molecule has 1 aromatic carbocycles. The molecule has 26 heavy (non-hydrogen) atoms. The zero-order valence-electron chi connectivity index (χ0n) is 14.2. The minimum atomic E-state index is -0.00440. The summed E-state index contributed by atoms with van der Waals surface area (Å²) < 4.78 is 0. The van der Waals surface area contributed by atoms with Crippen molar-refractivity contribution in [1.29, 1.82) is 0 Å². The number of nitrogens with one attached hydrogen (secondary N) is 1. The van der Waals surface area contributed by atoms with Crippen molar-refractivity contribution in [3.05, 3.63) is 68.9 Å². The first-order valence-corrected chi connectivity index (χ1v) is 10.1. The van der Waals surface area contributed by atoms with Gasteiger partial charge in [0.15, 0.2) is 5.13 Å². The fourth-order valence-electron chi connectivity index (χ4n) is 3.09. The number of amides is 1. The molecule has 0 fully saturated rings. The molecule has 4 rings (SSSR count). The zero-order valence-corrected chi connectivity index (χ0v) is 16.6. The van der Waals surface area contributed by atoms with E-state index < -0.39 is 0 Å². The summed E-state index contributed by atoms with van der Waals surface area (Å²) in [7, 11) is 0. The van der Waals surface area contributed by atoms with Crippen molar-refractivity contribution < 1.29 is 4.79 Å². The van der Waals surface area contributed by atoms with E-state index in [1.165, 1.54) is 22.5 Å². The van der Waals surface area contributed by atoms with Gasteiger partial charge < -0.3 is 5.32 Å². The number of carbonyl (C=O) groups excluding carboxylic acids is 1. The van der Waals surface area contributed by atoms with Crippen molar-refractivity contribution in [3.8, 4) is 0 Å². The fourth-order valence-corrected chi connectivity index (χ4v) is 4.51. The second-order valence-corrected chi connectivity index (χ2v) is 8.07. The molecule has 136 valence electrons. The van der Waals surface area contributed by atoms with E-state index in [0.29, 0.717) is 11.6 Å². The van der Waals surface area contributed by atoms with Gasteiger partial charge >= 0.3 is 0 Å². The topological polar surface area (TPSA) is 45.2 Å². The van der Waals surface area contributed by atoms with Crippen molar-refractivity contribution in [2.24, 2.45) is 0 Å². The van der Waals surface area contributed by atoms with Gasteiger partial charge in [-0.2, -0.15) is 0 Å². The minimum absolute atomic E-state index is 0. The summed E-state index contributed by atoms with van der Waals surface area (Å²) in [5, 5.41) is 7.63. The maximum absolute atomic E-state index is 12.1. The van der Waals surface area contributed by atoms with Crippen molar-refractivity contribution in [3.63, 3.8) is 0 Å². The fraction of sp³-hybridized carbons (Fsp3) is 0.263. The second-order valence-electron chi connectivity index (χ2n) is 6.18. The molecule has 0 atom stereocenters. The standard InChI is InChI=1S/C19H19N3OS2.ClH/c23-18(10-17-6-3-9-24-17)21-19-20-16(13-25-19)12-22-8-7-14-4-1-2-5-15(14)11-22;/h1-6,9,13H,7-8,10-12H2,(H,20,21,23);1H. The summed E-state index contributed by atoms with van der Waals surface area (Å²) in [6.45, 7) is 2.84. The molecule has 3 aromatic rings. The molecule has 7 heteroatoms. The first kappa shape index (κ1) is 19.0. The van der Waals surface area contributed by atoms with Crippen molar-refractivity contribution >= 4 is 46.1 Å². The van der Waals surface area contributed by atoms with Gasteiger partial charge in [-0.15, -0.1) is 35.1 Å². The molecule has 0 saturated carbocycles. The van der Waals surface area contributed by atoms with Crippen LogP contribution < -0.4 is 5.32 Å². The van der Waals surface area contributed by atoms with E-state index in [1.54, 1.807) is 11.3 Å². The van der Waals surface area contributed by atoms with E-state index in [2.05, 4.69) is 39.5 Å². The molecule has 1 amide bonds. The SMILES string of the molecule is Cl.O=C(Cc1cccs1)Nc1nc(CN2CCc3ccccc3C2)cs1. The highest BCUT2D eigenvalue weighted by Crippen LogP contribution is 2.22. The maximum Gasteiger partial charge on any atom is 0.231 e. The average Bonchev–Trinajstić information content (AvgIpc) is 3.27. The number of fused-ring (bicyclic) bond motifs is 1. The largest absolute Gasteiger partial charge is 0.302 e. The lowest BCUT2D eigenvalue weighted by molar-refractivity contribution is -0.115. The summed E-state index contributed by atoms with van der Waals surface area (Å²) >= 11 is 3.10. The zero-order chi connectivity index (χ0) is 17.1. The number of thiazole rings is 1. The highest BCUT2D eigenvalue weighted by Gasteiger charge is 2.17. The molecule has 1 aliphatic rings. The van der Waals surface area contributed by atoms with E-state index in [1.807, 2.05) is 22.9 Å². The van der Waals surface area contributed by atoms with Gasteiger partial charge in [-0.3, -0.25) is 9.69 Å². The van der Waals surface area contributed by atoms with Crippen LogP contribution in [0.2, 0.25) is 0 Å². The van der Waals surface area contributed by atoms with E-state index in [4.69, 9.17) is 0 Å². The Balaban J connectivity index is 0.00000196. The van der Waals surface area contributed by atoms with E-state index in [9.17, 15) is 4.79 Å². The van der Waals surface area contributed by atoms with Gasteiger partial charge in [0.1, 0.15) is 0 Å². The highest BCUT2D eigenvalue weighted by atomic mass is 35.5. The van der Waals surface area contributed by atoms with Crippen LogP contribution in [0.3, 0.4) is 0 Å². The Morgan fingerprint density at radius 1 is 1.15 bits per heavy atom. The summed E-state index contributed by atoms with van der Waals surface area (Å²) in [6.07, 6.45) is 1.50. The first-order valence-electron chi connectivity index (χ1n) is 8.32. The second kappa shape index (κ2) is 8.77. The van der Waals surface area contributed by atoms with E-state index in [0.717, 1.165) is 36.6 Å². The molecule has 0 radical (unpaired) electrons. The predicted molar refractivity (Wildman–Crippen MR) is 110 cm³/mol. The molecule has 1 aliphatic heterocycles. The summed E-state index contributed by atoms with van der Waals surface area (Å²) in [4.78, 5) is 20.1. The van der Waals surface area contributed by atoms with Crippen molar-refractivity contribution in [1.82, 2.24) is 9.88 Å². The third-order valence-electron chi connectivity index (χ3n) is 4.31. The van der Waals surface area contributed by atoms with Gasteiger partial charge in [0.25, 0.3) is 0 Å². The molecular formula is C19H20ClN3OS2.